The Balaban J connectivity index is 1.47. The largest absolute Gasteiger partial charge is 0.353 e. The molecule has 0 spiro atoms. The van der Waals surface area contributed by atoms with E-state index in [-0.39, 0.29) is 25.0 Å². The van der Waals surface area contributed by atoms with Crippen LogP contribution in [0.25, 0.3) is 10.9 Å². The first-order valence-corrected chi connectivity index (χ1v) is 12.4. The Morgan fingerprint density at radius 2 is 1.71 bits per heavy atom. The number of carbonyl (C=O) groups excluding carboxylic acids is 2. The molecule has 0 atom stereocenters. The Hall–Kier alpha value is -3.39. The summed E-state index contributed by atoms with van der Waals surface area (Å²) in [7, 11) is 0. The number of nitrogens with one attached hydrogen (secondary N) is 2. The molecule has 1 aliphatic carbocycles. The van der Waals surface area contributed by atoms with Gasteiger partial charge in [0.15, 0.2) is 0 Å². The van der Waals surface area contributed by atoms with E-state index in [9.17, 15) is 19.2 Å². The summed E-state index contributed by atoms with van der Waals surface area (Å²) in [6, 6.07) is 13.8. The van der Waals surface area contributed by atoms with Crippen molar-refractivity contribution in [2.24, 2.45) is 0 Å². The number of amides is 2. The van der Waals surface area contributed by atoms with Crippen LogP contribution >= 0.6 is 11.6 Å². The minimum Gasteiger partial charge on any atom is -0.353 e. The van der Waals surface area contributed by atoms with E-state index in [1.807, 2.05) is 0 Å². The van der Waals surface area contributed by atoms with Gasteiger partial charge in [-0.1, -0.05) is 42.6 Å². The second-order valence-electron chi connectivity index (χ2n) is 8.91. The quantitative estimate of drug-likeness (QED) is 0.441. The zero-order chi connectivity index (χ0) is 24.8. The summed E-state index contributed by atoms with van der Waals surface area (Å²) >= 11 is 5.98. The smallest absolute Gasteiger partial charge is 0.331 e. The SMILES string of the molecule is O=C(Cn1c(=O)n(CCCCC(=O)NC2CCCC2)c(=O)c2ccccc21)Nc1cccc(Cl)c1. The molecule has 184 valence electrons. The van der Waals surface area contributed by atoms with Crippen LogP contribution in [0.4, 0.5) is 5.69 Å². The molecule has 9 heteroatoms. The Morgan fingerprint density at radius 1 is 0.943 bits per heavy atom. The second kappa shape index (κ2) is 11.4. The molecule has 0 unspecified atom stereocenters. The van der Waals surface area contributed by atoms with Crippen molar-refractivity contribution in [3.63, 3.8) is 0 Å². The molecule has 1 aromatic heterocycles. The van der Waals surface area contributed by atoms with Crippen molar-refractivity contribution in [3.8, 4) is 0 Å². The molecule has 4 rings (SSSR count). The number of para-hydroxylation sites is 1. The summed E-state index contributed by atoms with van der Waals surface area (Å²) in [6.45, 7) is -0.0783. The fraction of sp³-hybridized carbons (Fsp3) is 0.385. The molecule has 2 N–H and O–H groups in total. The number of halogens is 1. The number of anilines is 1. The molecule has 1 fully saturated rings. The van der Waals surface area contributed by atoms with Gasteiger partial charge in [0.25, 0.3) is 5.56 Å². The average Bonchev–Trinajstić information content (AvgIpc) is 3.34. The molecule has 1 saturated carbocycles. The lowest BCUT2D eigenvalue weighted by Gasteiger charge is -2.14. The second-order valence-corrected chi connectivity index (χ2v) is 9.34. The highest BCUT2D eigenvalue weighted by atomic mass is 35.5. The van der Waals surface area contributed by atoms with Crippen LogP contribution < -0.4 is 21.9 Å². The van der Waals surface area contributed by atoms with Gasteiger partial charge in [0.05, 0.1) is 10.9 Å². The van der Waals surface area contributed by atoms with Crippen molar-refractivity contribution in [1.29, 1.82) is 0 Å². The third kappa shape index (κ3) is 6.19. The Bertz CT molecular complexity index is 1340. The molecule has 1 heterocycles. The standard InChI is InChI=1S/C26H29ClN4O4/c27-18-8-7-11-20(16-18)29-24(33)17-31-22-13-4-3-12-21(22)25(34)30(26(31)35)15-6-5-14-23(32)28-19-9-1-2-10-19/h3-4,7-8,11-13,16,19H,1-2,5-6,9-10,14-15,17H2,(H,28,32)(H,29,33). The van der Waals surface area contributed by atoms with Gasteiger partial charge in [0, 0.05) is 29.7 Å². The van der Waals surface area contributed by atoms with E-state index in [0.717, 1.165) is 30.3 Å². The number of hydrogen-bond acceptors (Lipinski definition) is 4. The first-order valence-electron chi connectivity index (χ1n) is 12.0. The summed E-state index contributed by atoms with van der Waals surface area (Å²) < 4.78 is 2.47. The van der Waals surface area contributed by atoms with Gasteiger partial charge >= 0.3 is 5.69 Å². The van der Waals surface area contributed by atoms with Gasteiger partial charge in [-0.15, -0.1) is 0 Å². The molecule has 2 aromatic carbocycles. The van der Waals surface area contributed by atoms with Crippen LogP contribution in [-0.2, 0) is 22.7 Å². The van der Waals surface area contributed by atoms with Gasteiger partial charge in [-0.25, -0.2) is 4.79 Å². The molecule has 0 bridgehead atoms. The van der Waals surface area contributed by atoms with Gasteiger partial charge in [-0.05, 0) is 56.0 Å². The highest BCUT2D eigenvalue weighted by Gasteiger charge is 2.18. The third-order valence-corrected chi connectivity index (χ3v) is 6.53. The Labute approximate surface area is 207 Å². The number of aromatic nitrogens is 2. The van der Waals surface area contributed by atoms with Crippen LogP contribution in [0.2, 0.25) is 5.02 Å². The van der Waals surface area contributed by atoms with Crippen molar-refractivity contribution >= 4 is 40.0 Å². The number of carbonyl (C=O) groups is 2. The molecule has 0 saturated heterocycles. The molecule has 0 aliphatic heterocycles. The zero-order valence-corrected chi connectivity index (χ0v) is 20.2. The predicted molar refractivity (Wildman–Crippen MR) is 137 cm³/mol. The maximum absolute atomic E-state index is 13.2. The summed E-state index contributed by atoms with van der Waals surface area (Å²) in [5.74, 6) is -0.397. The van der Waals surface area contributed by atoms with E-state index in [0.29, 0.717) is 40.9 Å². The monoisotopic (exact) mass is 496 g/mol. The summed E-state index contributed by atoms with van der Waals surface area (Å²) in [4.78, 5) is 51.2. The van der Waals surface area contributed by atoms with Gasteiger partial charge in [-0.2, -0.15) is 0 Å². The maximum Gasteiger partial charge on any atom is 0.331 e. The highest BCUT2D eigenvalue weighted by Crippen LogP contribution is 2.18. The fourth-order valence-electron chi connectivity index (χ4n) is 4.56. The lowest BCUT2D eigenvalue weighted by molar-refractivity contribution is -0.122. The van der Waals surface area contributed by atoms with Crippen LogP contribution in [0.15, 0.2) is 58.1 Å². The minimum absolute atomic E-state index is 0.0119. The number of rotatable bonds is 9. The number of nitrogens with zero attached hydrogens (tertiary/aromatic N) is 2. The van der Waals surface area contributed by atoms with E-state index >= 15 is 0 Å². The van der Waals surface area contributed by atoms with Gasteiger partial charge in [0.2, 0.25) is 11.8 Å². The lowest BCUT2D eigenvalue weighted by atomic mass is 10.2. The Morgan fingerprint density at radius 3 is 2.49 bits per heavy atom. The van der Waals surface area contributed by atoms with Crippen molar-refractivity contribution in [3.05, 3.63) is 74.4 Å². The average molecular weight is 497 g/mol. The molecule has 8 nitrogen and oxygen atoms in total. The van der Waals surface area contributed by atoms with Crippen molar-refractivity contribution in [2.45, 2.75) is 64.1 Å². The third-order valence-electron chi connectivity index (χ3n) is 6.30. The van der Waals surface area contributed by atoms with Gasteiger partial charge in [0.1, 0.15) is 6.54 Å². The van der Waals surface area contributed by atoms with E-state index in [2.05, 4.69) is 10.6 Å². The number of benzene rings is 2. The first-order chi connectivity index (χ1) is 16.9. The van der Waals surface area contributed by atoms with E-state index in [4.69, 9.17) is 11.6 Å². The lowest BCUT2D eigenvalue weighted by Crippen LogP contribution is -2.41. The maximum atomic E-state index is 13.2. The summed E-state index contributed by atoms with van der Waals surface area (Å²) in [5.41, 5.74) is -0.0298. The van der Waals surface area contributed by atoms with Gasteiger partial charge < -0.3 is 10.6 Å². The summed E-state index contributed by atoms with van der Waals surface area (Å²) in [5, 5.41) is 6.63. The normalized spacial score (nSPS) is 13.7. The minimum atomic E-state index is -0.551. The number of unbranched alkanes of at least 4 members (excludes halogenated alkanes) is 1. The van der Waals surface area contributed by atoms with Crippen LogP contribution in [-0.4, -0.2) is 27.0 Å². The van der Waals surface area contributed by atoms with Crippen molar-refractivity contribution in [2.75, 3.05) is 5.32 Å². The van der Waals surface area contributed by atoms with Crippen molar-refractivity contribution in [1.82, 2.24) is 14.5 Å². The van der Waals surface area contributed by atoms with Crippen LogP contribution in [0, 0.1) is 0 Å². The molecule has 2 amide bonds. The van der Waals surface area contributed by atoms with E-state index < -0.39 is 17.2 Å². The molecule has 35 heavy (non-hydrogen) atoms. The molecule has 3 aromatic rings. The molecule has 0 radical (unpaired) electrons. The molecular weight excluding hydrogens is 468 g/mol. The van der Waals surface area contributed by atoms with Crippen molar-refractivity contribution < 1.29 is 9.59 Å². The van der Waals surface area contributed by atoms with Crippen LogP contribution in [0.5, 0.6) is 0 Å². The Kier molecular flexibility index (Phi) is 8.02. The van der Waals surface area contributed by atoms with Crippen LogP contribution in [0.3, 0.4) is 0 Å². The zero-order valence-electron chi connectivity index (χ0n) is 19.5. The first kappa shape index (κ1) is 24.7. The number of hydrogen-bond donors (Lipinski definition) is 2. The molecular formula is C26H29ClN4O4. The number of fused-ring (bicyclic) bond motifs is 1. The van der Waals surface area contributed by atoms with E-state index in [1.165, 1.54) is 4.57 Å². The predicted octanol–water partition coefficient (Wildman–Crippen LogP) is 3.68. The molecule has 1 aliphatic rings. The highest BCUT2D eigenvalue weighted by molar-refractivity contribution is 6.30. The fourth-order valence-corrected chi connectivity index (χ4v) is 4.75. The van der Waals surface area contributed by atoms with E-state index in [1.54, 1.807) is 48.5 Å². The summed E-state index contributed by atoms with van der Waals surface area (Å²) in [6.07, 6.45) is 5.78. The van der Waals surface area contributed by atoms with Crippen LogP contribution in [0.1, 0.15) is 44.9 Å². The topological polar surface area (TPSA) is 102 Å². The van der Waals surface area contributed by atoms with Gasteiger partial charge in [-0.3, -0.25) is 23.5 Å².